The maximum Gasteiger partial charge on any atom is 0.407 e. The van der Waals surface area contributed by atoms with Crippen molar-refractivity contribution in [2.75, 3.05) is 25.6 Å². The molecule has 1 saturated heterocycles. The van der Waals surface area contributed by atoms with Crippen LogP contribution < -0.4 is 15.4 Å². The molecule has 1 fully saturated rings. The Morgan fingerprint density at radius 3 is 1.94 bits per heavy atom. The molecule has 15 nitrogen and oxygen atoms in total. The van der Waals surface area contributed by atoms with E-state index in [9.17, 15) is 28.8 Å². The normalized spacial score (nSPS) is 20.1. The fraction of sp³-hybridized carbons (Fsp3) is 0.368. The molecule has 0 bridgehead atoms. The van der Waals surface area contributed by atoms with Gasteiger partial charge in [0.2, 0.25) is 18.3 Å². The monoisotopic (exact) mass is 732 g/mol. The molecular weight excluding hydrogens is 692 g/mol. The summed E-state index contributed by atoms with van der Waals surface area (Å²) in [4.78, 5) is 74.8. The SMILES string of the molecule is COC(=O)[C@H]1O[C@@H](Oc2ccc(C)cc2NC(=O)CCNC(=O)OCC2c3ccccc3-c3ccccc32)[C@H](OC(C)=O)[C@@H](OC(C)=O)[C@@H]1OC(C)=O. The molecule has 3 aromatic rings. The molecule has 5 rings (SSSR count). The van der Waals surface area contributed by atoms with Crippen molar-refractivity contribution in [3.05, 3.63) is 83.4 Å². The van der Waals surface area contributed by atoms with Crippen LogP contribution in [0.1, 0.15) is 49.8 Å². The first-order chi connectivity index (χ1) is 25.4. The summed E-state index contributed by atoms with van der Waals surface area (Å²) < 4.78 is 38.4. The quantitative estimate of drug-likeness (QED) is 0.201. The highest BCUT2D eigenvalue weighted by atomic mass is 16.7. The topological polar surface area (TPSA) is 191 Å². The zero-order valence-corrected chi connectivity index (χ0v) is 29.7. The Hall–Kier alpha value is -5.96. The van der Waals surface area contributed by atoms with E-state index in [0.29, 0.717) is 0 Å². The van der Waals surface area contributed by atoms with Crippen LogP contribution in [0.4, 0.5) is 10.5 Å². The van der Waals surface area contributed by atoms with E-state index in [1.165, 1.54) is 6.07 Å². The van der Waals surface area contributed by atoms with E-state index >= 15 is 0 Å². The number of carbonyl (C=O) groups is 6. The Balaban J connectivity index is 1.24. The molecule has 15 heteroatoms. The van der Waals surface area contributed by atoms with Gasteiger partial charge in [0.15, 0.2) is 18.3 Å². The molecule has 0 unspecified atom stereocenters. The number of amides is 2. The molecule has 2 amide bonds. The molecule has 1 aliphatic heterocycles. The molecule has 1 aliphatic carbocycles. The maximum absolute atomic E-state index is 13.1. The predicted molar refractivity (Wildman–Crippen MR) is 185 cm³/mol. The molecule has 2 N–H and O–H groups in total. The van der Waals surface area contributed by atoms with Crippen molar-refractivity contribution in [1.82, 2.24) is 5.32 Å². The zero-order chi connectivity index (χ0) is 38.2. The van der Waals surface area contributed by atoms with Crippen LogP contribution >= 0.6 is 0 Å². The highest BCUT2D eigenvalue weighted by Gasteiger charge is 2.56. The molecular formula is C38H40N2O13. The number of nitrogens with one attached hydrogen (secondary N) is 2. The number of rotatable bonds is 12. The second-order valence-electron chi connectivity index (χ2n) is 12.3. The lowest BCUT2D eigenvalue weighted by Gasteiger charge is -2.43. The second kappa shape index (κ2) is 17.0. The average molecular weight is 733 g/mol. The van der Waals surface area contributed by atoms with Crippen molar-refractivity contribution < 1.29 is 61.9 Å². The van der Waals surface area contributed by atoms with Crippen LogP contribution in [0.2, 0.25) is 0 Å². The van der Waals surface area contributed by atoms with Crippen molar-refractivity contribution in [2.24, 2.45) is 0 Å². The van der Waals surface area contributed by atoms with Gasteiger partial charge in [-0.2, -0.15) is 0 Å². The molecule has 0 radical (unpaired) electrons. The molecule has 280 valence electrons. The number of hydrogen-bond acceptors (Lipinski definition) is 13. The van der Waals surface area contributed by atoms with Gasteiger partial charge in [0.1, 0.15) is 12.4 Å². The fourth-order valence-electron chi connectivity index (χ4n) is 6.28. The minimum Gasteiger partial charge on any atom is -0.467 e. The van der Waals surface area contributed by atoms with Gasteiger partial charge in [-0.15, -0.1) is 0 Å². The minimum absolute atomic E-state index is 0.0201. The number of benzene rings is 3. The molecule has 3 aromatic carbocycles. The van der Waals surface area contributed by atoms with Crippen LogP contribution in [-0.2, 0) is 52.4 Å². The Morgan fingerprint density at radius 2 is 1.34 bits per heavy atom. The Bertz CT molecular complexity index is 1830. The summed E-state index contributed by atoms with van der Waals surface area (Å²) in [5, 5.41) is 5.33. The van der Waals surface area contributed by atoms with Gasteiger partial charge in [0, 0.05) is 39.7 Å². The van der Waals surface area contributed by atoms with E-state index in [4.69, 9.17) is 33.2 Å². The van der Waals surface area contributed by atoms with Crippen molar-refractivity contribution in [3.63, 3.8) is 0 Å². The molecule has 2 aliphatic rings. The first-order valence-corrected chi connectivity index (χ1v) is 16.8. The Morgan fingerprint density at radius 1 is 0.755 bits per heavy atom. The van der Waals surface area contributed by atoms with Crippen molar-refractivity contribution in [3.8, 4) is 16.9 Å². The van der Waals surface area contributed by atoms with E-state index in [1.807, 2.05) is 48.5 Å². The first-order valence-electron chi connectivity index (χ1n) is 16.8. The van der Waals surface area contributed by atoms with E-state index in [1.54, 1.807) is 19.1 Å². The van der Waals surface area contributed by atoms with Crippen molar-refractivity contribution >= 4 is 41.6 Å². The lowest BCUT2D eigenvalue weighted by Crippen LogP contribution is -2.64. The molecule has 0 aromatic heterocycles. The summed E-state index contributed by atoms with van der Waals surface area (Å²) in [7, 11) is 1.07. The van der Waals surface area contributed by atoms with Crippen LogP contribution in [0.5, 0.6) is 5.75 Å². The summed E-state index contributed by atoms with van der Waals surface area (Å²) in [5.41, 5.74) is 5.24. The van der Waals surface area contributed by atoms with Gasteiger partial charge in [0.25, 0.3) is 0 Å². The second-order valence-corrected chi connectivity index (χ2v) is 12.3. The number of alkyl carbamates (subject to hydrolysis) is 1. The number of carbonyl (C=O) groups excluding carboxylic acids is 6. The van der Waals surface area contributed by atoms with E-state index in [0.717, 1.165) is 55.7 Å². The number of aryl methyl sites for hydroxylation is 1. The first kappa shape index (κ1) is 38.3. The third kappa shape index (κ3) is 9.29. The number of hydrogen-bond donors (Lipinski definition) is 2. The van der Waals surface area contributed by atoms with Crippen molar-refractivity contribution in [2.45, 2.75) is 70.7 Å². The van der Waals surface area contributed by atoms with E-state index < -0.39 is 66.6 Å². The number of methoxy groups -OCH3 is 1. The van der Waals surface area contributed by atoms with Crippen LogP contribution in [-0.4, -0.2) is 86.8 Å². The standard InChI is InChI=1S/C38H40N2O13/c1-20-14-15-30(52-37-35(51-23(4)43)33(50-22(3)42)32(49-21(2)41)34(53-37)36(45)47-5)29(18-20)40-31(44)16-17-39-38(46)48-19-28-26-12-8-6-10-24(26)25-11-7-9-13-27(25)28/h6-15,18,28,32-35,37H,16-17,19H2,1-5H3,(H,39,46)(H,40,44)/t32-,33-,34-,35+,37+/m0/s1. The van der Waals surface area contributed by atoms with Gasteiger partial charge in [-0.3, -0.25) is 19.2 Å². The molecule has 0 spiro atoms. The summed E-state index contributed by atoms with van der Waals surface area (Å²) >= 11 is 0. The van der Waals surface area contributed by atoms with Gasteiger partial charge in [-0.05, 0) is 46.9 Å². The van der Waals surface area contributed by atoms with Gasteiger partial charge in [-0.25, -0.2) is 9.59 Å². The Kier molecular flexibility index (Phi) is 12.3. The lowest BCUT2D eigenvalue weighted by molar-refractivity contribution is -0.282. The highest BCUT2D eigenvalue weighted by molar-refractivity contribution is 5.92. The third-order valence-corrected chi connectivity index (χ3v) is 8.45. The van der Waals surface area contributed by atoms with Crippen LogP contribution in [0, 0.1) is 6.92 Å². The van der Waals surface area contributed by atoms with Gasteiger partial charge < -0.3 is 43.8 Å². The predicted octanol–water partition coefficient (Wildman–Crippen LogP) is 3.93. The van der Waals surface area contributed by atoms with E-state index in [2.05, 4.69) is 10.6 Å². The minimum atomic E-state index is -1.67. The summed E-state index contributed by atoms with van der Waals surface area (Å²) in [6.07, 6.45) is -8.81. The van der Waals surface area contributed by atoms with E-state index in [-0.39, 0.29) is 36.9 Å². The van der Waals surface area contributed by atoms with Crippen LogP contribution in [0.25, 0.3) is 11.1 Å². The van der Waals surface area contributed by atoms with Crippen molar-refractivity contribution in [1.29, 1.82) is 0 Å². The number of anilines is 1. The maximum atomic E-state index is 13.1. The van der Waals surface area contributed by atoms with Gasteiger partial charge in [0.05, 0.1) is 12.8 Å². The largest absolute Gasteiger partial charge is 0.467 e. The number of fused-ring (bicyclic) bond motifs is 3. The smallest absolute Gasteiger partial charge is 0.407 e. The fourth-order valence-corrected chi connectivity index (χ4v) is 6.28. The summed E-state index contributed by atoms with van der Waals surface area (Å²) in [5.74, 6) is -4.11. The summed E-state index contributed by atoms with van der Waals surface area (Å²) in [6, 6.07) is 20.7. The Labute approximate surface area is 305 Å². The molecule has 53 heavy (non-hydrogen) atoms. The van der Waals surface area contributed by atoms with Crippen LogP contribution in [0.15, 0.2) is 66.7 Å². The van der Waals surface area contributed by atoms with Gasteiger partial charge in [-0.1, -0.05) is 54.6 Å². The third-order valence-electron chi connectivity index (χ3n) is 8.45. The van der Waals surface area contributed by atoms with Gasteiger partial charge >= 0.3 is 30.0 Å². The lowest BCUT2D eigenvalue weighted by atomic mass is 9.97. The average Bonchev–Trinajstić information content (AvgIpc) is 3.43. The molecule has 1 heterocycles. The molecule has 5 atom stereocenters. The van der Waals surface area contributed by atoms with Crippen LogP contribution in [0.3, 0.4) is 0 Å². The highest BCUT2D eigenvalue weighted by Crippen LogP contribution is 2.44. The molecule has 0 saturated carbocycles. The summed E-state index contributed by atoms with van der Waals surface area (Å²) in [6.45, 7) is 5.06. The zero-order valence-electron chi connectivity index (χ0n) is 29.7. The number of ether oxygens (including phenoxy) is 7. The number of esters is 4.